The number of carbonyl (C=O) groups is 1. The Morgan fingerprint density at radius 3 is 2.63 bits per heavy atom. The second-order valence-electron chi connectivity index (χ2n) is 7.16. The van der Waals surface area contributed by atoms with Crippen LogP contribution in [0.5, 0.6) is 0 Å². The molecule has 2 aromatic rings. The van der Waals surface area contributed by atoms with Crippen LogP contribution in [0.25, 0.3) is 0 Å². The van der Waals surface area contributed by atoms with Crippen molar-refractivity contribution in [2.24, 2.45) is 11.7 Å². The minimum Gasteiger partial charge on any atom is -0.352 e. The SMILES string of the molecule is NC[C@@H]1CN(S(=O)(=O)c2ccc3c(c2)C(=O)NCC3)C[C@H]1c1ccccc1. The summed E-state index contributed by atoms with van der Waals surface area (Å²) in [6.45, 7) is 1.80. The van der Waals surface area contributed by atoms with E-state index in [2.05, 4.69) is 5.32 Å². The molecule has 0 saturated carbocycles. The summed E-state index contributed by atoms with van der Waals surface area (Å²) in [7, 11) is -3.68. The van der Waals surface area contributed by atoms with Gasteiger partial charge in [-0.1, -0.05) is 36.4 Å². The Hall–Kier alpha value is -2.22. The summed E-state index contributed by atoms with van der Waals surface area (Å²) in [6.07, 6.45) is 0.719. The molecule has 1 amide bonds. The van der Waals surface area contributed by atoms with Gasteiger partial charge in [0.15, 0.2) is 0 Å². The first-order valence-corrected chi connectivity index (χ1v) is 10.6. The molecule has 7 heteroatoms. The van der Waals surface area contributed by atoms with Gasteiger partial charge in [0.2, 0.25) is 10.0 Å². The Kier molecular flexibility index (Phi) is 4.75. The highest BCUT2D eigenvalue weighted by molar-refractivity contribution is 7.89. The molecular weight excluding hydrogens is 362 g/mol. The number of nitrogens with two attached hydrogens (primary N) is 1. The van der Waals surface area contributed by atoms with E-state index in [0.717, 1.165) is 17.5 Å². The molecule has 4 rings (SSSR count). The maximum Gasteiger partial charge on any atom is 0.251 e. The van der Waals surface area contributed by atoms with Crippen LogP contribution in [0, 0.1) is 5.92 Å². The molecule has 0 unspecified atom stereocenters. The molecule has 2 atom stereocenters. The van der Waals surface area contributed by atoms with E-state index in [9.17, 15) is 13.2 Å². The monoisotopic (exact) mass is 385 g/mol. The predicted octanol–water partition coefficient (Wildman–Crippen LogP) is 1.34. The van der Waals surface area contributed by atoms with E-state index in [4.69, 9.17) is 5.73 Å². The third-order valence-electron chi connectivity index (χ3n) is 5.58. The molecular formula is C20H23N3O3S. The quantitative estimate of drug-likeness (QED) is 0.831. The van der Waals surface area contributed by atoms with E-state index < -0.39 is 10.0 Å². The van der Waals surface area contributed by atoms with Crippen LogP contribution in [0.4, 0.5) is 0 Å². The highest BCUT2D eigenvalue weighted by Crippen LogP contribution is 2.35. The number of nitrogens with zero attached hydrogens (tertiary/aromatic N) is 1. The molecule has 2 aromatic carbocycles. The highest BCUT2D eigenvalue weighted by Gasteiger charge is 2.39. The number of benzene rings is 2. The molecule has 3 N–H and O–H groups in total. The summed E-state index contributed by atoms with van der Waals surface area (Å²) in [4.78, 5) is 12.3. The third kappa shape index (κ3) is 3.26. The van der Waals surface area contributed by atoms with E-state index >= 15 is 0 Å². The molecule has 2 heterocycles. The van der Waals surface area contributed by atoms with Crippen LogP contribution in [0.3, 0.4) is 0 Å². The van der Waals surface area contributed by atoms with Gasteiger partial charge in [-0.25, -0.2) is 8.42 Å². The van der Waals surface area contributed by atoms with E-state index in [1.54, 1.807) is 12.1 Å². The Labute approximate surface area is 159 Å². The van der Waals surface area contributed by atoms with Gasteiger partial charge in [-0.3, -0.25) is 4.79 Å². The molecule has 0 aliphatic carbocycles. The Balaban J connectivity index is 1.65. The smallest absolute Gasteiger partial charge is 0.251 e. The molecule has 142 valence electrons. The third-order valence-corrected chi connectivity index (χ3v) is 7.41. The van der Waals surface area contributed by atoms with Gasteiger partial charge >= 0.3 is 0 Å². The fourth-order valence-electron chi connectivity index (χ4n) is 4.05. The zero-order valence-electron chi connectivity index (χ0n) is 15.0. The lowest BCUT2D eigenvalue weighted by atomic mass is 9.89. The van der Waals surface area contributed by atoms with Crippen LogP contribution >= 0.6 is 0 Å². The second kappa shape index (κ2) is 7.07. The fraction of sp³-hybridized carbons (Fsp3) is 0.350. The normalized spacial score (nSPS) is 23.1. The Morgan fingerprint density at radius 2 is 1.89 bits per heavy atom. The van der Waals surface area contributed by atoms with Crippen molar-refractivity contribution in [1.29, 1.82) is 0 Å². The maximum absolute atomic E-state index is 13.2. The number of fused-ring (bicyclic) bond motifs is 1. The lowest BCUT2D eigenvalue weighted by Gasteiger charge is -2.20. The zero-order chi connectivity index (χ0) is 19.0. The minimum atomic E-state index is -3.68. The summed E-state index contributed by atoms with van der Waals surface area (Å²) in [5.74, 6) is -0.0632. The molecule has 27 heavy (non-hydrogen) atoms. The average Bonchev–Trinajstić information content (AvgIpc) is 3.14. The van der Waals surface area contributed by atoms with Crippen molar-refractivity contribution in [1.82, 2.24) is 9.62 Å². The topological polar surface area (TPSA) is 92.5 Å². The molecule has 1 fully saturated rings. The van der Waals surface area contributed by atoms with Gasteiger partial charge in [-0.05, 0) is 42.1 Å². The van der Waals surface area contributed by atoms with Crippen molar-refractivity contribution < 1.29 is 13.2 Å². The van der Waals surface area contributed by atoms with Crippen LogP contribution in [0.15, 0.2) is 53.4 Å². The van der Waals surface area contributed by atoms with Gasteiger partial charge in [0, 0.05) is 31.1 Å². The van der Waals surface area contributed by atoms with Crippen LogP contribution < -0.4 is 11.1 Å². The van der Waals surface area contributed by atoms with Crippen molar-refractivity contribution in [3.63, 3.8) is 0 Å². The number of hydrogen-bond acceptors (Lipinski definition) is 4. The zero-order valence-corrected chi connectivity index (χ0v) is 15.8. The molecule has 0 bridgehead atoms. The van der Waals surface area contributed by atoms with E-state index in [0.29, 0.717) is 31.7 Å². The highest BCUT2D eigenvalue weighted by atomic mass is 32.2. The molecule has 2 aliphatic rings. The number of hydrogen-bond donors (Lipinski definition) is 2. The molecule has 2 aliphatic heterocycles. The average molecular weight is 385 g/mol. The van der Waals surface area contributed by atoms with Gasteiger partial charge in [0.05, 0.1) is 4.90 Å². The maximum atomic E-state index is 13.2. The van der Waals surface area contributed by atoms with Crippen molar-refractivity contribution in [3.8, 4) is 0 Å². The van der Waals surface area contributed by atoms with Crippen molar-refractivity contribution in [2.75, 3.05) is 26.2 Å². The minimum absolute atomic E-state index is 0.0723. The van der Waals surface area contributed by atoms with Gasteiger partial charge in [0.1, 0.15) is 0 Å². The van der Waals surface area contributed by atoms with Gasteiger partial charge in [-0.15, -0.1) is 0 Å². The lowest BCUT2D eigenvalue weighted by molar-refractivity contribution is 0.0945. The van der Waals surface area contributed by atoms with Crippen LogP contribution in [0.1, 0.15) is 27.4 Å². The van der Waals surface area contributed by atoms with Gasteiger partial charge in [0.25, 0.3) is 5.91 Å². The Morgan fingerprint density at radius 1 is 1.11 bits per heavy atom. The number of rotatable bonds is 4. The van der Waals surface area contributed by atoms with Crippen molar-refractivity contribution in [3.05, 3.63) is 65.2 Å². The summed E-state index contributed by atoms with van der Waals surface area (Å²) < 4.78 is 27.9. The summed E-state index contributed by atoms with van der Waals surface area (Å²) in [6, 6.07) is 14.8. The van der Waals surface area contributed by atoms with Gasteiger partial charge in [-0.2, -0.15) is 4.31 Å². The standard InChI is InChI=1S/C20H23N3O3S/c21-11-16-12-23(13-19(16)14-4-2-1-3-5-14)27(25,26)17-7-6-15-8-9-22-20(24)18(15)10-17/h1-7,10,16,19H,8-9,11-13,21H2,(H,22,24)/t16-,19+/m1/s1. The first-order chi connectivity index (χ1) is 13.0. The first kappa shape index (κ1) is 18.2. The number of amides is 1. The van der Waals surface area contributed by atoms with Crippen LogP contribution in [-0.4, -0.2) is 44.8 Å². The number of sulfonamides is 1. The predicted molar refractivity (Wildman–Crippen MR) is 103 cm³/mol. The van der Waals surface area contributed by atoms with E-state index in [1.807, 2.05) is 30.3 Å². The largest absolute Gasteiger partial charge is 0.352 e. The number of nitrogens with one attached hydrogen (secondary N) is 1. The van der Waals surface area contributed by atoms with E-state index in [1.165, 1.54) is 10.4 Å². The molecule has 6 nitrogen and oxygen atoms in total. The van der Waals surface area contributed by atoms with Crippen molar-refractivity contribution in [2.45, 2.75) is 17.2 Å². The second-order valence-corrected chi connectivity index (χ2v) is 9.10. The number of carbonyl (C=O) groups excluding carboxylic acids is 1. The van der Waals surface area contributed by atoms with Crippen LogP contribution in [0.2, 0.25) is 0 Å². The first-order valence-electron chi connectivity index (χ1n) is 9.17. The van der Waals surface area contributed by atoms with E-state index in [-0.39, 0.29) is 22.6 Å². The Bertz CT molecular complexity index is 960. The molecule has 0 radical (unpaired) electrons. The summed E-state index contributed by atoms with van der Waals surface area (Å²) >= 11 is 0. The lowest BCUT2D eigenvalue weighted by Crippen LogP contribution is -2.33. The fourth-order valence-corrected chi connectivity index (χ4v) is 5.59. The molecule has 0 aromatic heterocycles. The molecule has 0 spiro atoms. The molecule has 1 saturated heterocycles. The van der Waals surface area contributed by atoms with Crippen molar-refractivity contribution >= 4 is 15.9 Å². The summed E-state index contributed by atoms with van der Waals surface area (Å²) in [5, 5.41) is 2.77. The summed E-state index contributed by atoms with van der Waals surface area (Å²) in [5.41, 5.74) is 8.39. The van der Waals surface area contributed by atoms with Crippen LogP contribution in [-0.2, 0) is 16.4 Å². The van der Waals surface area contributed by atoms with Gasteiger partial charge < -0.3 is 11.1 Å².